The van der Waals surface area contributed by atoms with Crippen LogP contribution < -0.4 is 20.4 Å². The summed E-state index contributed by atoms with van der Waals surface area (Å²) in [5.74, 6) is 3.85. The Bertz CT molecular complexity index is 1560. The van der Waals surface area contributed by atoms with Crippen LogP contribution in [-0.4, -0.2) is 15.1 Å². The molecule has 40 heavy (non-hydrogen) atoms. The second-order valence-corrected chi connectivity index (χ2v) is 10.5. The molecule has 0 aliphatic carbocycles. The van der Waals surface area contributed by atoms with Crippen molar-refractivity contribution in [2.45, 2.75) is 32.7 Å². The van der Waals surface area contributed by atoms with Crippen LogP contribution in [0.5, 0.6) is 0 Å². The van der Waals surface area contributed by atoms with E-state index in [1.807, 2.05) is 42.5 Å². The first-order chi connectivity index (χ1) is 19.7. The zero-order valence-electron chi connectivity index (χ0n) is 21.9. The fourth-order valence-corrected chi connectivity index (χ4v) is 5.50. The van der Waals surface area contributed by atoms with E-state index < -0.39 is 0 Å². The summed E-state index contributed by atoms with van der Waals surface area (Å²) < 4.78 is 6.01. The lowest BCUT2D eigenvalue weighted by molar-refractivity contribution is 0.516. The molecule has 0 unspecified atom stereocenters. The number of hydrogen-bond acceptors (Lipinski definition) is 6. The molecule has 0 spiro atoms. The van der Waals surface area contributed by atoms with Crippen molar-refractivity contribution in [1.82, 2.24) is 15.3 Å². The number of fused-ring (bicyclic) bond motifs is 2. The summed E-state index contributed by atoms with van der Waals surface area (Å²) in [5, 5.41) is 6.90. The molecule has 5 aromatic rings. The van der Waals surface area contributed by atoms with Gasteiger partial charge in [0, 0.05) is 37.8 Å². The molecule has 4 heterocycles. The van der Waals surface area contributed by atoms with Crippen LogP contribution in [0.25, 0.3) is 11.3 Å². The van der Waals surface area contributed by atoms with Gasteiger partial charge in [0.15, 0.2) is 5.11 Å². The van der Waals surface area contributed by atoms with Crippen molar-refractivity contribution in [3.8, 4) is 11.3 Å². The lowest BCUT2D eigenvalue weighted by Crippen LogP contribution is -2.29. The number of furan rings is 1. The van der Waals surface area contributed by atoms with Crippen LogP contribution in [0.4, 0.5) is 17.6 Å². The SMILES string of the molecule is S=C(NCc1ccc(-c2ccccc2)o1)Nc1nc(N2Cc3ccccc3C2)cc(N2Cc3ccccc3C2)n1. The highest BCUT2D eigenvalue weighted by molar-refractivity contribution is 7.80. The van der Waals surface area contributed by atoms with Crippen molar-refractivity contribution in [1.29, 1.82) is 0 Å². The Morgan fingerprint density at radius 2 is 1.23 bits per heavy atom. The van der Waals surface area contributed by atoms with Crippen molar-refractivity contribution in [2.75, 3.05) is 15.1 Å². The molecule has 3 aromatic carbocycles. The molecule has 0 fully saturated rings. The van der Waals surface area contributed by atoms with Crippen LogP contribution in [-0.2, 0) is 32.7 Å². The average molecular weight is 545 g/mol. The molecule has 2 N–H and O–H groups in total. The third-order valence-electron chi connectivity index (χ3n) is 7.40. The van der Waals surface area contributed by atoms with Crippen LogP contribution in [0.3, 0.4) is 0 Å². The summed E-state index contributed by atoms with van der Waals surface area (Å²) in [6, 6.07) is 33.2. The van der Waals surface area contributed by atoms with Crippen molar-refractivity contribution < 1.29 is 4.42 Å². The summed E-state index contributed by atoms with van der Waals surface area (Å²) in [7, 11) is 0. The normalized spacial score (nSPS) is 13.7. The van der Waals surface area contributed by atoms with Gasteiger partial charge in [-0.05, 0) is 46.6 Å². The summed E-state index contributed by atoms with van der Waals surface area (Å²) in [6.07, 6.45) is 0. The maximum Gasteiger partial charge on any atom is 0.232 e. The highest BCUT2D eigenvalue weighted by atomic mass is 32.1. The zero-order chi connectivity index (χ0) is 26.9. The van der Waals surface area contributed by atoms with Crippen LogP contribution in [0.15, 0.2) is 101 Å². The van der Waals surface area contributed by atoms with E-state index >= 15 is 0 Å². The molecule has 0 saturated carbocycles. The molecule has 0 saturated heterocycles. The van der Waals surface area contributed by atoms with Crippen molar-refractivity contribution >= 4 is 34.9 Å². The number of anilines is 3. The van der Waals surface area contributed by atoms with Crippen molar-refractivity contribution in [2.24, 2.45) is 0 Å². The number of nitrogens with one attached hydrogen (secondary N) is 2. The smallest absolute Gasteiger partial charge is 0.232 e. The predicted molar refractivity (Wildman–Crippen MR) is 162 cm³/mol. The Balaban J connectivity index is 1.09. The van der Waals surface area contributed by atoms with E-state index in [0.29, 0.717) is 17.6 Å². The maximum absolute atomic E-state index is 6.01. The van der Waals surface area contributed by atoms with Gasteiger partial charge < -0.3 is 24.9 Å². The molecule has 0 radical (unpaired) electrons. The first-order valence-electron chi connectivity index (χ1n) is 13.4. The average Bonchev–Trinajstić information content (AvgIpc) is 3.74. The number of hydrogen-bond donors (Lipinski definition) is 2. The number of rotatable bonds is 6. The van der Waals surface area contributed by atoms with Crippen LogP contribution >= 0.6 is 12.2 Å². The minimum absolute atomic E-state index is 0.440. The maximum atomic E-state index is 6.01. The molecule has 2 aliphatic heterocycles. The fraction of sp³-hybridized carbons (Fsp3) is 0.156. The van der Waals surface area contributed by atoms with Crippen molar-refractivity contribution in [3.63, 3.8) is 0 Å². The van der Waals surface area contributed by atoms with Crippen LogP contribution in [0, 0.1) is 0 Å². The van der Waals surface area contributed by atoms with Gasteiger partial charge in [0.05, 0.1) is 6.54 Å². The van der Waals surface area contributed by atoms with Crippen molar-refractivity contribution in [3.05, 3.63) is 125 Å². The summed E-state index contributed by atoms with van der Waals surface area (Å²) in [5.41, 5.74) is 6.36. The Morgan fingerprint density at radius 3 is 1.77 bits per heavy atom. The van der Waals surface area contributed by atoms with Crippen LogP contribution in [0.2, 0.25) is 0 Å². The third-order valence-corrected chi connectivity index (χ3v) is 7.64. The first kappa shape index (κ1) is 24.4. The van der Waals surface area contributed by atoms with E-state index in [-0.39, 0.29) is 0 Å². The van der Waals surface area contributed by atoms with Crippen LogP contribution in [0.1, 0.15) is 28.0 Å². The minimum Gasteiger partial charge on any atom is -0.459 e. The first-order valence-corrected chi connectivity index (χ1v) is 13.8. The molecular formula is C32H28N6OS. The molecule has 2 aliphatic rings. The van der Waals surface area contributed by atoms with E-state index in [0.717, 1.165) is 54.9 Å². The van der Waals surface area contributed by atoms with Gasteiger partial charge in [-0.1, -0.05) is 78.9 Å². The zero-order valence-corrected chi connectivity index (χ0v) is 22.7. The van der Waals surface area contributed by atoms with E-state index in [4.69, 9.17) is 26.6 Å². The molecule has 198 valence electrons. The molecule has 0 atom stereocenters. The number of nitrogens with zero attached hydrogens (tertiary/aromatic N) is 4. The Hall–Kier alpha value is -4.69. The second kappa shape index (κ2) is 10.5. The Labute approximate surface area is 238 Å². The highest BCUT2D eigenvalue weighted by Crippen LogP contribution is 2.33. The van der Waals surface area contributed by atoms with Gasteiger partial charge in [0.2, 0.25) is 5.95 Å². The quantitative estimate of drug-likeness (QED) is 0.243. The summed E-state index contributed by atoms with van der Waals surface area (Å²) in [6.45, 7) is 3.72. The number of thiocarbonyl (C=S) groups is 1. The number of benzene rings is 3. The molecule has 7 rings (SSSR count). The predicted octanol–water partition coefficient (Wildman–Crippen LogP) is 6.26. The van der Waals surface area contributed by atoms with E-state index in [2.05, 4.69) is 75.0 Å². The van der Waals surface area contributed by atoms with E-state index in [1.165, 1.54) is 22.3 Å². The van der Waals surface area contributed by atoms with E-state index in [1.54, 1.807) is 0 Å². The van der Waals surface area contributed by atoms with Gasteiger partial charge in [-0.15, -0.1) is 0 Å². The lowest BCUT2D eigenvalue weighted by Gasteiger charge is -2.22. The second-order valence-electron chi connectivity index (χ2n) is 10.1. The molecule has 0 bridgehead atoms. The molecule has 7 nitrogen and oxygen atoms in total. The molecule has 2 aromatic heterocycles. The minimum atomic E-state index is 0.440. The van der Waals surface area contributed by atoms with E-state index in [9.17, 15) is 0 Å². The summed E-state index contributed by atoms with van der Waals surface area (Å²) >= 11 is 5.63. The van der Waals surface area contributed by atoms with Gasteiger partial charge in [-0.2, -0.15) is 9.97 Å². The standard InChI is InChI=1S/C32H28N6OS/c40-32(33-17-27-14-15-28(39-27)22-8-2-1-3-9-22)36-31-34-29(37-18-23-10-4-5-11-24(23)19-37)16-30(35-31)38-20-25-12-6-7-13-26(25)21-38/h1-16H,17-21H2,(H2,33,34,35,36,40). The third kappa shape index (κ3) is 5.01. The Kier molecular flexibility index (Phi) is 6.37. The fourth-order valence-electron chi connectivity index (χ4n) is 5.34. The van der Waals surface area contributed by atoms with Gasteiger partial charge in [-0.25, -0.2) is 0 Å². The topological polar surface area (TPSA) is 69.5 Å². The van der Waals surface area contributed by atoms with Gasteiger partial charge in [0.1, 0.15) is 23.2 Å². The lowest BCUT2D eigenvalue weighted by atomic mass is 10.1. The largest absolute Gasteiger partial charge is 0.459 e. The molecule has 8 heteroatoms. The number of aromatic nitrogens is 2. The Morgan fingerprint density at radius 1 is 0.700 bits per heavy atom. The molecular weight excluding hydrogens is 516 g/mol. The van der Waals surface area contributed by atoms with Gasteiger partial charge in [0.25, 0.3) is 0 Å². The highest BCUT2D eigenvalue weighted by Gasteiger charge is 2.25. The summed E-state index contributed by atoms with van der Waals surface area (Å²) in [4.78, 5) is 14.3. The van der Waals surface area contributed by atoms with Gasteiger partial charge >= 0.3 is 0 Å². The van der Waals surface area contributed by atoms with Gasteiger partial charge in [-0.3, -0.25) is 0 Å². The monoisotopic (exact) mass is 544 g/mol. The molecule has 0 amide bonds.